The predicted octanol–water partition coefficient (Wildman–Crippen LogP) is 1.26. The highest BCUT2D eigenvalue weighted by Gasteiger charge is 2.28. The summed E-state index contributed by atoms with van der Waals surface area (Å²) in [6.45, 7) is 4.60. The van der Waals surface area contributed by atoms with Gasteiger partial charge in [0.1, 0.15) is 17.4 Å². The number of carbonyl (C=O) groups excluding carboxylic acids is 2. The van der Waals surface area contributed by atoms with E-state index in [-0.39, 0.29) is 10.8 Å². The average Bonchev–Trinajstić information content (AvgIpc) is 3.18. The molecule has 0 radical (unpaired) electrons. The number of aromatic amines is 1. The van der Waals surface area contributed by atoms with Crippen LogP contribution >= 0.6 is 0 Å². The van der Waals surface area contributed by atoms with Crippen LogP contribution in [0.2, 0.25) is 0 Å². The van der Waals surface area contributed by atoms with Crippen LogP contribution in [-0.2, 0) is 4.79 Å². The van der Waals surface area contributed by atoms with Crippen LogP contribution in [-0.4, -0.2) is 47.1 Å². The maximum atomic E-state index is 15.2. The van der Waals surface area contributed by atoms with Crippen molar-refractivity contribution in [3.8, 4) is 0 Å². The first-order valence-electron chi connectivity index (χ1n) is 11.9. The minimum Gasteiger partial charge on any atom is -0.355 e. The van der Waals surface area contributed by atoms with Crippen molar-refractivity contribution in [2.24, 2.45) is 10.9 Å². The third-order valence-electron chi connectivity index (χ3n) is 6.18. The molecule has 2 aromatic rings. The summed E-state index contributed by atoms with van der Waals surface area (Å²) in [5, 5.41) is 3.82. The van der Waals surface area contributed by atoms with Crippen LogP contribution < -0.4 is 21.4 Å². The summed E-state index contributed by atoms with van der Waals surface area (Å²) in [6.07, 6.45) is 10.4. The summed E-state index contributed by atoms with van der Waals surface area (Å²) >= 11 is 0. The Morgan fingerprint density at radius 3 is 2.74 bits per heavy atom. The molecule has 1 aliphatic rings. The minimum atomic E-state index is -0.721. The van der Waals surface area contributed by atoms with E-state index in [0.29, 0.717) is 36.5 Å². The number of amides is 1. The Morgan fingerprint density at radius 1 is 1.26 bits per heavy atom. The first kappa shape index (κ1) is 25.8. The number of aromatic nitrogens is 1. The molecule has 0 bridgehead atoms. The molecular formula is C27H33FN5O2+. The van der Waals surface area contributed by atoms with E-state index in [1.54, 1.807) is 17.9 Å². The molecule has 1 aromatic carbocycles. The number of nitrogens with one attached hydrogen (secondary N) is 2. The van der Waals surface area contributed by atoms with Gasteiger partial charge in [-0.25, -0.2) is 9.38 Å². The second kappa shape index (κ2) is 12.6. The van der Waals surface area contributed by atoms with Crippen molar-refractivity contribution in [1.82, 2.24) is 9.88 Å². The summed E-state index contributed by atoms with van der Waals surface area (Å²) in [5.41, 5.74) is 1.81. The molecule has 8 heteroatoms. The van der Waals surface area contributed by atoms with Crippen LogP contribution in [0.3, 0.4) is 0 Å². The number of H-pyrrole nitrogens is 1. The molecule has 1 amide bonds. The fraction of sp³-hybridized carbons (Fsp3) is 0.333. The molecule has 2 heterocycles. The Balaban J connectivity index is 1.93. The third kappa shape index (κ3) is 6.41. The Hall–Kier alpha value is -3.81. The quantitative estimate of drug-likeness (QED) is 0.183. The van der Waals surface area contributed by atoms with Gasteiger partial charge in [-0.05, 0) is 43.2 Å². The van der Waals surface area contributed by atoms with E-state index in [2.05, 4.69) is 27.2 Å². The zero-order valence-corrected chi connectivity index (χ0v) is 20.3. The molecule has 1 atom stereocenters. The van der Waals surface area contributed by atoms with E-state index in [1.165, 1.54) is 30.3 Å². The molecule has 0 saturated carbocycles. The molecule has 0 aliphatic carbocycles. The van der Waals surface area contributed by atoms with Gasteiger partial charge in [-0.15, -0.1) is 0 Å². The second-order valence-corrected chi connectivity index (χ2v) is 8.50. The van der Waals surface area contributed by atoms with Crippen LogP contribution in [0.15, 0.2) is 53.8 Å². The van der Waals surface area contributed by atoms with Crippen LogP contribution in [0.1, 0.15) is 61.4 Å². The van der Waals surface area contributed by atoms with Crippen molar-refractivity contribution in [2.45, 2.75) is 45.4 Å². The lowest BCUT2D eigenvalue weighted by atomic mass is 9.92. The smallest absolute Gasteiger partial charge is 0.295 e. The van der Waals surface area contributed by atoms with E-state index in [4.69, 9.17) is 5.84 Å². The molecule has 7 nitrogen and oxygen atoms in total. The van der Waals surface area contributed by atoms with E-state index < -0.39 is 17.5 Å². The summed E-state index contributed by atoms with van der Waals surface area (Å²) in [7, 11) is 0. The predicted molar refractivity (Wildman–Crippen MR) is 137 cm³/mol. The Labute approximate surface area is 204 Å². The van der Waals surface area contributed by atoms with Crippen molar-refractivity contribution in [2.75, 3.05) is 13.1 Å². The molecule has 1 fully saturated rings. The number of hydrazone groups is 1. The van der Waals surface area contributed by atoms with Gasteiger partial charge in [0.2, 0.25) is 5.70 Å². The van der Waals surface area contributed by atoms with Gasteiger partial charge < -0.3 is 15.7 Å². The first-order valence-corrected chi connectivity index (χ1v) is 11.9. The highest BCUT2D eigenvalue weighted by Crippen LogP contribution is 2.28. The van der Waals surface area contributed by atoms with Crippen molar-refractivity contribution in [3.05, 3.63) is 70.4 Å². The van der Waals surface area contributed by atoms with Crippen LogP contribution in [0, 0.1) is 0 Å². The molecule has 1 aromatic heterocycles. The number of halogens is 1. The van der Waals surface area contributed by atoms with Gasteiger partial charge in [0.25, 0.3) is 11.7 Å². The molecule has 3 rings (SSSR count). The fourth-order valence-electron chi connectivity index (χ4n) is 4.35. The van der Waals surface area contributed by atoms with Gasteiger partial charge in [-0.1, -0.05) is 43.3 Å². The number of Topliss-reactive ketones (excluding diaryl/α,β-unsaturated/α-hetero) is 1. The van der Waals surface area contributed by atoms with Crippen LogP contribution in [0.4, 0.5) is 4.39 Å². The zero-order chi connectivity index (χ0) is 25.2. The summed E-state index contributed by atoms with van der Waals surface area (Å²) in [5.74, 6) is 3.54. The molecule has 1 unspecified atom stereocenters. The van der Waals surface area contributed by atoms with Crippen LogP contribution in [0.5, 0.6) is 0 Å². The number of hydrogen-bond donors (Lipinski definition) is 3. The van der Waals surface area contributed by atoms with Crippen molar-refractivity contribution in [1.29, 1.82) is 0 Å². The Bertz CT molecular complexity index is 1240. The van der Waals surface area contributed by atoms with E-state index in [9.17, 15) is 9.59 Å². The normalized spacial score (nSPS) is 18.8. The monoisotopic (exact) mass is 478 g/mol. The highest BCUT2D eigenvalue weighted by atomic mass is 19.1. The standard InChI is InChI=1S/C27H32FN5O2/c1-3-4-12-23(28)24-22(18-31-25(24)19(2)30-14-15-32-29)26(34)27(35)33-16-8-11-21(13-17-33)20-9-6-5-7-10-20/h4-7,9-10,12,14-15,18,21,31H,3,8,11,13,16-17,29H2,1-2H3/p+1/b12-4+,24-23+,25-19-,30-14?,32-15?. The Morgan fingerprint density at radius 2 is 2.03 bits per heavy atom. The van der Waals surface area contributed by atoms with Gasteiger partial charge in [-0.3, -0.25) is 9.59 Å². The third-order valence-corrected chi connectivity index (χ3v) is 6.18. The maximum Gasteiger partial charge on any atom is 0.295 e. The topological polar surface area (TPSA) is 106 Å². The molecule has 1 aliphatic heterocycles. The lowest BCUT2D eigenvalue weighted by Gasteiger charge is -2.19. The number of ketones is 1. The summed E-state index contributed by atoms with van der Waals surface area (Å²) < 4.78 is 15.2. The number of carbonyl (C=O) groups is 2. The van der Waals surface area contributed by atoms with E-state index in [1.807, 2.05) is 25.1 Å². The molecular weight excluding hydrogens is 445 g/mol. The molecule has 35 heavy (non-hydrogen) atoms. The molecule has 184 valence electrons. The maximum absolute atomic E-state index is 15.2. The lowest BCUT2D eigenvalue weighted by Crippen LogP contribution is -2.68. The number of benzene rings is 1. The number of hydrogen-bond acceptors (Lipinski definition) is 4. The van der Waals surface area contributed by atoms with Crippen molar-refractivity contribution >= 4 is 35.6 Å². The van der Waals surface area contributed by atoms with Crippen molar-refractivity contribution in [3.63, 3.8) is 0 Å². The molecule has 0 spiro atoms. The number of allylic oxidation sites excluding steroid dienone is 2. The largest absolute Gasteiger partial charge is 0.355 e. The van der Waals surface area contributed by atoms with Gasteiger partial charge in [0.15, 0.2) is 6.21 Å². The SMILES string of the molecule is CC/C=C/C(F)=c1/c(C(=O)C(=O)N2CCCC(c3ccccc3)CC2)c[nH]/c1=C(/C)[NH+]=CC=NN. The second-order valence-electron chi connectivity index (χ2n) is 8.50. The highest BCUT2D eigenvalue weighted by molar-refractivity contribution is 6.42. The number of nitrogens with zero attached hydrogens (tertiary/aromatic N) is 2. The summed E-state index contributed by atoms with van der Waals surface area (Å²) in [4.78, 5) is 34.0. The molecule has 1 saturated heterocycles. The first-order chi connectivity index (χ1) is 17.0. The number of rotatable bonds is 7. The average molecular weight is 479 g/mol. The Kier molecular flexibility index (Phi) is 9.29. The van der Waals surface area contributed by atoms with Gasteiger partial charge in [0, 0.05) is 26.2 Å². The summed E-state index contributed by atoms with van der Waals surface area (Å²) in [6, 6.07) is 10.2. The van der Waals surface area contributed by atoms with Gasteiger partial charge >= 0.3 is 0 Å². The van der Waals surface area contributed by atoms with Crippen LogP contribution in [0.25, 0.3) is 11.5 Å². The zero-order valence-electron chi connectivity index (χ0n) is 20.3. The fourth-order valence-corrected chi connectivity index (χ4v) is 4.35. The lowest BCUT2D eigenvalue weighted by molar-refractivity contribution is -0.339. The van der Waals surface area contributed by atoms with E-state index in [0.717, 1.165) is 19.3 Å². The minimum absolute atomic E-state index is 0.0146. The molecule has 4 N–H and O–H groups in total. The van der Waals surface area contributed by atoms with Gasteiger partial charge in [-0.2, -0.15) is 5.10 Å². The van der Waals surface area contributed by atoms with Gasteiger partial charge in [0.05, 0.1) is 10.8 Å². The number of likely N-dealkylation sites (tertiary alicyclic amines) is 1. The van der Waals surface area contributed by atoms with Crippen molar-refractivity contribution < 1.29 is 19.0 Å². The number of nitrogens with two attached hydrogens (primary N) is 1. The van der Waals surface area contributed by atoms with E-state index >= 15 is 4.39 Å².